The van der Waals surface area contributed by atoms with Gasteiger partial charge in [-0.15, -0.1) is 0 Å². The van der Waals surface area contributed by atoms with Gasteiger partial charge in [-0.3, -0.25) is 4.99 Å². The summed E-state index contributed by atoms with van der Waals surface area (Å²) in [5.41, 5.74) is 3.54. The van der Waals surface area contributed by atoms with Gasteiger partial charge in [-0.25, -0.2) is 0 Å². The fourth-order valence-electron chi connectivity index (χ4n) is 2.74. The maximum Gasteiger partial charge on any atom is 0.0487 e. The number of halogens is 1. The van der Waals surface area contributed by atoms with E-state index < -0.39 is 0 Å². The van der Waals surface area contributed by atoms with Crippen molar-refractivity contribution in [3.63, 3.8) is 0 Å². The Labute approximate surface area is 133 Å². The quantitative estimate of drug-likeness (QED) is 0.858. The molecule has 0 fully saturated rings. The van der Waals surface area contributed by atoms with E-state index in [-0.39, 0.29) is 0 Å². The predicted octanol–water partition coefficient (Wildman–Crippen LogP) is 4.07. The SMILES string of the molecule is CCN(CC)CCC(C)N=C1CCNc2cc(Cl)ccc21. The van der Waals surface area contributed by atoms with Crippen LogP contribution in [-0.4, -0.2) is 42.8 Å². The fraction of sp³-hybridized carbons (Fsp3) is 0.588. The molecule has 0 bridgehead atoms. The number of fused-ring (bicyclic) bond motifs is 1. The second-order valence-corrected chi connectivity index (χ2v) is 6.04. The van der Waals surface area contributed by atoms with Crippen molar-refractivity contribution < 1.29 is 0 Å². The van der Waals surface area contributed by atoms with Crippen molar-refractivity contribution in [3.8, 4) is 0 Å². The minimum absolute atomic E-state index is 0.363. The maximum absolute atomic E-state index is 6.06. The molecule has 0 spiro atoms. The summed E-state index contributed by atoms with van der Waals surface area (Å²) in [4.78, 5) is 7.41. The summed E-state index contributed by atoms with van der Waals surface area (Å²) in [7, 11) is 0. The van der Waals surface area contributed by atoms with Crippen molar-refractivity contribution in [2.75, 3.05) is 31.5 Å². The average molecular weight is 308 g/mol. The minimum atomic E-state index is 0.363. The Morgan fingerprint density at radius 3 is 2.81 bits per heavy atom. The zero-order valence-electron chi connectivity index (χ0n) is 13.3. The third-order valence-corrected chi connectivity index (χ3v) is 4.34. The van der Waals surface area contributed by atoms with Gasteiger partial charge in [0.15, 0.2) is 0 Å². The van der Waals surface area contributed by atoms with E-state index in [1.807, 2.05) is 12.1 Å². The second kappa shape index (κ2) is 7.81. The largest absolute Gasteiger partial charge is 0.384 e. The van der Waals surface area contributed by atoms with Gasteiger partial charge in [-0.05, 0) is 44.6 Å². The molecule has 1 aromatic rings. The van der Waals surface area contributed by atoms with Crippen LogP contribution in [0.1, 0.15) is 39.2 Å². The maximum atomic E-state index is 6.06. The molecule has 1 atom stereocenters. The first-order chi connectivity index (χ1) is 10.1. The molecule has 1 N–H and O–H groups in total. The monoisotopic (exact) mass is 307 g/mol. The number of nitrogens with zero attached hydrogens (tertiary/aromatic N) is 2. The fourth-order valence-corrected chi connectivity index (χ4v) is 2.91. The first kappa shape index (κ1) is 16.3. The summed E-state index contributed by atoms with van der Waals surface area (Å²) in [6.45, 7) is 10.9. The highest BCUT2D eigenvalue weighted by molar-refractivity contribution is 6.31. The lowest BCUT2D eigenvalue weighted by Crippen LogP contribution is -2.26. The number of hydrogen-bond acceptors (Lipinski definition) is 3. The van der Waals surface area contributed by atoms with Gasteiger partial charge in [0.2, 0.25) is 0 Å². The van der Waals surface area contributed by atoms with E-state index in [1.165, 1.54) is 11.3 Å². The van der Waals surface area contributed by atoms with Crippen LogP contribution in [0.5, 0.6) is 0 Å². The molecule has 1 heterocycles. The third kappa shape index (κ3) is 4.45. The Balaban J connectivity index is 2.05. The molecule has 0 saturated carbocycles. The molecule has 1 aromatic carbocycles. The van der Waals surface area contributed by atoms with E-state index in [9.17, 15) is 0 Å². The summed E-state index contributed by atoms with van der Waals surface area (Å²) < 4.78 is 0. The van der Waals surface area contributed by atoms with E-state index in [0.717, 1.165) is 49.7 Å². The Hall–Kier alpha value is -1.06. The number of anilines is 1. The second-order valence-electron chi connectivity index (χ2n) is 5.61. The molecule has 3 nitrogen and oxygen atoms in total. The van der Waals surface area contributed by atoms with Gasteiger partial charge in [-0.1, -0.05) is 25.4 Å². The summed E-state index contributed by atoms with van der Waals surface area (Å²) in [5, 5.41) is 4.18. The normalized spacial score (nSPS) is 17.7. The lowest BCUT2D eigenvalue weighted by Gasteiger charge is -2.23. The van der Waals surface area contributed by atoms with Gasteiger partial charge >= 0.3 is 0 Å². The van der Waals surface area contributed by atoms with Crippen molar-refractivity contribution in [2.45, 2.75) is 39.7 Å². The van der Waals surface area contributed by atoms with E-state index in [2.05, 4.69) is 37.1 Å². The number of benzene rings is 1. The Morgan fingerprint density at radius 2 is 2.10 bits per heavy atom. The van der Waals surface area contributed by atoms with Crippen LogP contribution in [0.2, 0.25) is 5.02 Å². The van der Waals surface area contributed by atoms with Crippen molar-refractivity contribution >= 4 is 23.0 Å². The van der Waals surface area contributed by atoms with Crippen LogP contribution in [0.25, 0.3) is 0 Å². The Bertz CT molecular complexity index is 495. The number of rotatable bonds is 6. The van der Waals surface area contributed by atoms with Crippen LogP contribution in [0.3, 0.4) is 0 Å². The van der Waals surface area contributed by atoms with Gasteiger partial charge < -0.3 is 10.2 Å². The Kier molecular flexibility index (Phi) is 6.07. The highest BCUT2D eigenvalue weighted by atomic mass is 35.5. The zero-order chi connectivity index (χ0) is 15.2. The molecule has 4 heteroatoms. The summed E-state index contributed by atoms with van der Waals surface area (Å²) >= 11 is 6.06. The summed E-state index contributed by atoms with van der Waals surface area (Å²) in [5.74, 6) is 0. The van der Waals surface area contributed by atoms with Gasteiger partial charge in [0, 0.05) is 47.5 Å². The lowest BCUT2D eigenvalue weighted by molar-refractivity contribution is 0.293. The van der Waals surface area contributed by atoms with Gasteiger partial charge in [0.05, 0.1) is 0 Å². The van der Waals surface area contributed by atoms with Crippen LogP contribution in [0, 0.1) is 0 Å². The number of nitrogens with one attached hydrogen (secondary N) is 1. The molecule has 0 saturated heterocycles. The molecule has 1 aliphatic heterocycles. The van der Waals surface area contributed by atoms with E-state index in [1.54, 1.807) is 0 Å². The molecule has 1 unspecified atom stereocenters. The Morgan fingerprint density at radius 1 is 1.33 bits per heavy atom. The van der Waals surface area contributed by atoms with Crippen LogP contribution in [0.4, 0.5) is 5.69 Å². The molecular formula is C17H26ClN3. The van der Waals surface area contributed by atoms with E-state index in [4.69, 9.17) is 16.6 Å². The van der Waals surface area contributed by atoms with E-state index >= 15 is 0 Å². The first-order valence-electron chi connectivity index (χ1n) is 7.96. The van der Waals surface area contributed by atoms with Crippen LogP contribution in [0.15, 0.2) is 23.2 Å². The summed E-state index contributed by atoms with van der Waals surface area (Å²) in [6.07, 6.45) is 2.10. The molecule has 2 rings (SSSR count). The molecule has 1 aliphatic rings. The average Bonchev–Trinajstić information content (AvgIpc) is 2.48. The number of aliphatic imine (C=N–C) groups is 1. The standard InChI is InChI=1S/C17H26ClN3/c1-4-21(5-2)11-9-13(3)20-16-8-10-19-17-12-14(18)6-7-15(16)17/h6-7,12-13,19H,4-5,8-11H2,1-3H3. The van der Waals surface area contributed by atoms with Crippen molar-refractivity contribution in [1.82, 2.24) is 4.90 Å². The lowest BCUT2D eigenvalue weighted by atomic mass is 10.0. The molecule has 0 aromatic heterocycles. The number of hydrogen-bond donors (Lipinski definition) is 1. The molecule has 21 heavy (non-hydrogen) atoms. The summed E-state index contributed by atoms with van der Waals surface area (Å²) in [6, 6.07) is 6.39. The molecule has 116 valence electrons. The molecular weight excluding hydrogens is 282 g/mol. The van der Waals surface area contributed by atoms with Crippen LogP contribution < -0.4 is 5.32 Å². The minimum Gasteiger partial charge on any atom is -0.384 e. The topological polar surface area (TPSA) is 27.6 Å². The first-order valence-corrected chi connectivity index (χ1v) is 8.34. The van der Waals surface area contributed by atoms with Gasteiger partial charge in [0.1, 0.15) is 0 Å². The smallest absolute Gasteiger partial charge is 0.0487 e. The highest BCUT2D eigenvalue weighted by Gasteiger charge is 2.16. The zero-order valence-corrected chi connectivity index (χ0v) is 14.1. The van der Waals surface area contributed by atoms with Gasteiger partial charge in [0.25, 0.3) is 0 Å². The van der Waals surface area contributed by atoms with Crippen molar-refractivity contribution in [2.24, 2.45) is 4.99 Å². The third-order valence-electron chi connectivity index (χ3n) is 4.10. The molecule has 0 radical (unpaired) electrons. The van der Waals surface area contributed by atoms with Crippen LogP contribution >= 0.6 is 11.6 Å². The van der Waals surface area contributed by atoms with Crippen molar-refractivity contribution in [1.29, 1.82) is 0 Å². The highest BCUT2D eigenvalue weighted by Crippen LogP contribution is 2.26. The van der Waals surface area contributed by atoms with Crippen LogP contribution in [-0.2, 0) is 0 Å². The van der Waals surface area contributed by atoms with E-state index in [0.29, 0.717) is 6.04 Å². The molecule has 0 aliphatic carbocycles. The predicted molar refractivity (Wildman–Crippen MR) is 93.0 cm³/mol. The van der Waals surface area contributed by atoms with Crippen molar-refractivity contribution in [3.05, 3.63) is 28.8 Å². The molecule has 0 amide bonds. The van der Waals surface area contributed by atoms with Gasteiger partial charge in [-0.2, -0.15) is 0 Å².